The summed E-state index contributed by atoms with van der Waals surface area (Å²) >= 11 is 5.74. The Hall–Kier alpha value is 0.790. The zero-order chi connectivity index (χ0) is 8.97. The molecule has 1 fully saturated rings. The van der Waals surface area contributed by atoms with Gasteiger partial charge in [-0.2, -0.15) is 11.8 Å². The third kappa shape index (κ3) is 3.67. The summed E-state index contributed by atoms with van der Waals surface area (Å²) in [5.41, 5.74) is 0. The van der Waals surface area contributed by atoms with Crippen molar-refractivity contribution in [2.75, 3.05) is 18.1 Å². The highest BCUT2D eigenvalue weighted by atomic mass is 79.9. The standard InChI is InChI=1S/C9H17BrOS/c1-7(2)11-4-3-8-5-12-6-9(8)10/h7-9H,3-6H2,1-2H3. The minimum atomic E-state index is 0.382. The van der Waals surface area contributed by atoms with Crippen LogP contribution >= 0.6 is 27.7 Å². The van der Waals surface area contributed by atoms with E-state index in [9.17, 15) is 0 Å². The molecule has 0 spiro atoms. The number of thioether (sulfide) groups is 1. The van der Waals surface area contributed by atoms with E-state index in [4.69, 9.17) is 4.74 Å². The van der Waals surface area contributed by atoms with E-state index in [1.54, 1.807) is 0 Å². The number of halogens is 1. The fraction of sp³-hybridized carbons (Fsp3) is 1.00. The van der Waals surface area contributed by atoms with Crippen molar-refractivity contribution in [1.82, 2.24) is 0 Å². The molecule has 2 atom stereocenters. The van der Waals surface area contributed by atoms with Crippen LogP contribution in [-0.2, 0) is 4.74 Å². The van der Waals surface area contributed by atoms with Crippen LogP contribution in [-0.4, -0.2) is 29.0 Å². The quantitative estimate of drug-likeness (QED) is 0.712. The highest BCUT2D eigenvalue weighted by Crippen LogP contribution is 2.31. The van der Waals surface area contributed by atoms with E-state index in [1.807, 2.05) is 11.8 Å². The lowest BCUT2D eigenvalue weighted by atomic mass is 10.1. The molecule has 1 saturated heterocycles. The fourth-order valence-corrected chi connectivity index (χ4v) is 3.89. The first-order valence-corrected chi connectivity index (χ1v) is 6.60. The third-order valence-corrected chi connectivity index (χ3v) is 4.82. The van der Waals surface area contributed by atoms with Crippen LogP contribution in [0.5, 0.6) is 0 Å². The molecule has 0 bridgehead atoms. The molecule has 72 valence electrons. The Balaban J connectivity index is 2.06. The summed E-state index contributed by atoms with van der Waals surface area (Å²) in [4.78, 5) is 0.721. The van der Waals surface area contributed by atoms with Crippen LogP contribution in [0.3, 0.4) is 0 Å². The van der Waals surface area contributed by atoms with E-state index in [1.165, 1.54) is 17.9 Å². The molecule has 0 aromatic rings. The highest BCUT2D eigenvalue weighted by molar-refractivity contribution is 9.09. The number of rotatable bonds is 4. The van der Waals surface area contributed by atoms with E-state index in [2.05, 4.69) is 29.8 Å². The molecule has 1 aliphatic heterocycles. The van der Waals surface area contributed by atoms with Gasteiger partial charge in [-0.15, -0.1) is 0 Å². The first kappa shape index (κ1) is 10.9. The van der Waals surface area contributed by atoms with Crippen molar-refractivity contribution < 1.29 is 4.74 Å². The predicted molar refractivity (Wildman–Crippen MR) is 59.2 cm³/mol. The molecule has 1 nitrogen and oxygen atoms in total. The summed E-state index contributed by atoms with van der Waals surface area (Å²) < 4.78 is 5.52. The smallest absolute Gasteiger partial charge is 0.0518 e. The zero-order valence-corrected chi connectivity index (χ0v) is 10.2. The molecule has 0 aliphatic carbocycles. The van der Waals surface area contributed by atoms with Crippen molar-refractivity contribution >= 4 is 27.7 Å². The Kier molecular flexibility index (Phi) is 4.99. The molecule has 12 heavy (non-hydrogen) atoms. The van der Waals surface area contributed by atoms with E-state index in [0.717, 1.165) is 17.4 Å². The average molecular weight is 253 g/mol. The summed E-state index contributed by atoms with van der Waals surface area (Å²) in [5, 5.41) is 0. The minimum Gasteiger partial charge on any atom is -0.379 e. The number of hydrogen-bond donors (Lipinski definition) is 0. The van der Waals surface area contributed by atoms with Gasteiger partial charge in [0.05, 0.1) is 6.10 Å². The van der Waals surface area contributed by atoms with Crippen LogP contribution in [0, 0.1) is 5.92 Å². The lowest BCUT2D eigenvalue weighted by Crippen LogP contribution is -2.15. The minimum absolute atomic E-state index is 0.382. The number of alkyl halides is 1. The Labute approximate surface area is 87.8 Å². The van der Waals surface area contributed by atoms with Gasteiger partial charge in [-0.1, -0.05) is 15.9 Å². The van der Waals surface area contributed by atoms with Crippen molar-refractivity contribution in [2.45, 2.75) is 31.2 Å². The predicted octanol–water partition coefficient (Wildman–Crippen LogP) is 2.93. The van der Waals surface area contributed by atoms with Crippen LogP contribution in [0.4, 0.5) is 0 Å². The summed E-state index contributed by atoms with van der Waals surface area (Å²) in [5.74, 6) is 3.40. The summed E-state index contributed by atoms with van der Waals surface area (Å²) in [7, 11) is 0. The van der Waals surface area contributed by atoms with E-state index < -0.39 is 0 Å². The Morgan fingerprint density at radius 3 is 2.75 bits per heavy atom. The van der Waals surface area contributed by atoms with Crippen molar-refractivity contribution in [3.05, 3.63) is 0 Å². The van der Waals surface area contributed by atoms with Gasteiger partial charge in [0.25, 0.3) is 0 Å². The van der Waals surface area contributed by atoms with Gasteiger partial charge in [-0.25, -0.2) is 0 Å². The Morgan fingerprint density at radius 2 is 2.25 bits per heavy atom. The Morgan fingerprint density at radius 1 is 1.50 bits per heavy atom. The van der Waals surface area contributed by atoms with Crippen LogP contribution in [0.15, 0.2) is 0 Å². The molecular weight excluding hydrogens is 236 g/mol. The first-order valence-electron chi connectivity index (χ1n) is 4.53. The molecule has 0 N–H and O–H groups in total. The summed E-state index contributed by atoms with van der Waals surface area (Å²) in [6.45, 7) is 5.11. The second-order valence-corrected chi connectivity index (χ2v) is 5.77. The average Bonchev–Trinajstić information content (AvgIpc) is 2.36. The van der Waals surface area contributed by atoms with Gasteiger partial charge in [0.2, 0.25) is 0 Å². The van der Waals surface area contributed by atoms with Gasteiger partial charge in [0, 0.05) is 17.2 Å². The maximum atomic E-state index is 5.52. The molecule has 2 unspecified atom stereocenters. The van der Waals surface area contributed by atoms with Gasteiger partial charge in [-0.05, 0) is 31.9 Å². The van der Waals surface area contributed by atoms with E-state index >= 15 is 0 Å². The molecule has 0 aromatic carbocycles. The molecule has 0 aromatic heterocycles. The Bertz CT molecular complexity index is 130. The first-order chi connectivity index (χ1) is 5.70. The van der Waals surface area contributed by atoms with Gasteiger partial charge < -0.3 is 4.74 Å². The molecule has 0 radical (unpaired) electrons. The van der Waals surface area contributed by atoms with Crippen molar-refractivity contribution in [2.24, 2.45) is 5.92 Å². The fourth-order valence-electron chi connectivity index (χ4n) is 1.29. The highest BCUT2D eigenvalue weighted by Gasteiger charge is 2.24. The zero-order valence-electron chi connectivity index (χ0n) is 7.75. The van der Waals surface area contributed by atoms with Gasteiger partial charge in [0.1, 0.15) is 0 Å². The second-order valence-electron chi connectivity index (χ2n) is 3.52. The summed E-state index contributed by atoms with van der Waals surface area (Å²) in [6, 6.07) is 0. The van der Waals surface area contributed by atoms with Gasteiger partial charge >= 0.3 is 0 Å². The van der Waals surface area contributed by atoms with Crippen molar-refractivity contribution in [3.8, 4) is 0 Å². The molecule has 0 saturated carbocycles. The topological polar surface area (TPSA) is 9.23 Å². The molecular formula is C9H17BrOS. The van der Waals surface area contributed by atoms with Crippen molar-refractivity contribution in [3.63, 3.8) is 0 Å². The molecule has 3 heteroatoms. The second kappa shape index (κ2) is 5.51. The van der Waals surface area contributed by atoms with Crippen LogP contribution < -0.4 is 0 Å². The molecule has 1 rings (SSSR count). The monoisotopic (exact) mass is 252 g/mol. The maximum Gasteiger partial charge on any atom is 0.0518 e. The van der Waals surface area contributed by atoms with Crippen LogP contribution in [0.1, 0.15) is 20.3 Å². The lowest BCUT2D eigenvalue weighted by molar-refractivity contribution is 0.0707. The van der Waals surface area contributed by atoms with Gasteiger partial charge in [-0.3, -0.25) is 0 Å². The normalized spacial score (nSPS) is 30.0. The lowest BCUT2D eigenvalue weighted by Gasteiger charge is -2.14. The third-order valence-electron chi connectivity index (χ3n) is 2.06. The van der Waals surface area contributed by atoms with Gasteiger partial charge in [0.15, 0.2) is 0 Å². The largest absolute Gasteiger partial charge is 0.379 e. The maximum absolute atomic E-state index is 5.52. The van der Waals surface area contributed by atoms with Crippen LogP contribution in [0.2, 0.25) is 0 Å². The van der Waals surface area contributed by atoms with Crippen molar-refractivity contribution in [1.29, 1.82) is 0 Å². The summed E-state index contributed by atoms with van der Waals surface area (Å²) in [6.07, 6.45) is 1.59. The molecule has 0 amide bonds. The molecule has 1 aliphatic rings. The van der Waals surface area contributed by atoms with E-state index in [0.29, 0.717) is 6.10 Å². The number of ether oxygens (including phenoxy) is 1. The van der Waals surface area contributed by atoms with Crippen LogP contribution in [0.25, 0.3) is 0 Å². The SMILES string of the molecule is CC(C)OCCC1CSCC1Br. The number of hydrogen-bond acceptors (Lipinski definition) is 2. The molecule has 1 heterocycles. The van der Waals surface area contributed by atoms with E-state index in [-0.39, 0.29) is 0 Å².